The van der Waals surface area contributed by atoms with E-state index in [0.29, 0.717) is 5.02 Å². The van der Waals surface area contributed by atoms with Crippen molar-refractivity contribution in [2.24, 2.45) is 0 Å². The molecule has 0 amide bonds. The number of aromatic nitrogens is 1. The van der Waals surface area contributed by atoms with E-state index in [1.54, 1.807) is 24.3 Å². The van der Waals surface area contributed by atoms with Crippen molar-refractivity contribution in [1.82, 2.24) is 4.98 Å². The number of rotatable bonds is 2. The van der Waals surface area contributed by atoms with E-state index in [0.717, 1.165) is 5.56 Å². The highest BCUT2D eigenvalue weighted by atomic mass is 35.5. The summed E-state index contributed by atoms with van der Waals surface area (Å²) in [6.07, 6.45) is 2.69. The van der Waals surface area contributed by atoms with Gasteiger partial charge in [-0.1, -0.05) is 29.3 Å². The second-order valence-electron chi connectivity index (χ2n) is 3.66. The molecule has 88 valence electrons. The first-order valence-corrected chi connectivity index (χ1v) is 6.78. The number of benzene rings is 1. The molecule has 0 aliphatic heterocycles. The Hall–Kier alpha value is -1.39. The van der Waals surface area contributed by atoms with Crippen LogP contribution in [-0.2, 0) is 9.84 Å². The third kappa shape index (κ3) is 2.48. The van der Waals surface area contributed by atoms with Crippen LogP contribution in [0.2, 0.25) is 5.02 Å². The number of hydrogen-bond donors (Lipinski definition) is 0. The van der Waals surface area contributed by atoms with Gasteiger partial charge in [0, 0.05) is 12.4 Å². The van der Waals surface area contributed by atoms with Gasteiger partial charge in [0.2, 0.25) is 9.84 Å². The summed E-state index contributed by atoms with van der Waals surface area (Å²) in [5.41, 5.74) is 1.01. The van der Waals surface area contributed by atoms with Crippen molar-refractivity contribution in [2.75, 3.05) is 0 Å². The van der Waals surface area contributed by atoms with Crippen LogP contribution in [0.4, 0.5) is 0 Å². The zero-order valence-electron chi connectivity index (χ0n) is 9.09. The summed E-state index contributed by atoms with van der Waals surface area (Å²) in [6.45, 7) is 1.90. The number of aryl methyl sites for hydroxylation is 1. The summed E-state index contributed by atoms with van der Waals surface area (Å²) in [4.78, 5) is 4.13. The molecule has 0 atom stereocenters. The Morgan fingerprint density at radius 2 is 1.71 bits per heavy atom. The van der Waals surface area contributed by atoms with Crippen LogP contribution in [-0.4, -0.2) is 13.4 Å². The standard InChI is InChI=1S/C12H10ClNO2S/c1-9-2-4-11(5-3-9)17(15,16)12-6-10(13)7-14-8-12/h2-8H,1H3. The highest BCUT2D eigenvalue weighted by molar-refractivity contribution is 7.91. The summed E-state index contributed by atoms with van der Waals surface area (Å²) in [5, 5.41) is 0.304. The average molecular weight is 268 g/mol. The van der Waals surface area contributed by atoms with Crippen LogP contribution in [0.5, 0.6) is 0 Å². The molecule has 0 fully saturated rings. The van der Waals surface area contributed by atoms with Crippen molar-refractivity contribution in [1.29, 1.82) is 0 Å². The van der Waals surface area contributed by atoms with Gasteiger partial charge >= 0.3 is 0 Å². The van der Waals surface area contributed by atoms with Crippen LogP contribution in [0.25, 0.3) is 0 Å². The van der Waals surface area contributed by atoms with Crippen molar-refractivity contribution in [3.05, 3.63) is 53.3 Å². The summed E-state index contributed by atoms with van der Waals surface area (Å²) in [6, 6.07) is 8.05. The van der Waals surface area contributed by atoms with Crippen molar-refractivity contribution in [3.63, 3.8) is 0 Å². The quantitative estimate of drug-likeness (QED) is 0.841. The first kappa shape index (κ1) is 12.1. The van der Waals surface area contributed by atoms with Crippen molar-refractivity contribution in [3.8, 4) is 0 Å². The Bertz CT molecular complexity index is 636. The minimum Gasteiger partial charge on any atom is -0.262 e. The lowest BCUT2D eigenvalue weighted by Gasteiger charge is -2.04. The average Bonchev–Trinajstić information content (AvgIpc) is 2.29. The molecule has 1 aromatic carbocycles. The molecule has 3 nitrogen and oxygen atoms in total. The van der Waals surface area contributed by atoms with E-state index < -0.39 is 9.84 Å². The third-order valence-corrected chi connectivity index (χ3v) is 4.26. The summed E-state index contributed by atoms with van der Waals surface area (Å²) in [7, 11) is -3.53. The van der Waals surface area contributed by atoms with Crippen molar-refractivity contribution in [2.45, 2.75) is 16.7 Å². The first-order chi connectivity index (χ1) is 8.00. The van der Waals surface area contributed by atoms with E-state index in [9.17, 15) is 8.42 Å². The van der Waals surface area contributed by atoms with Crippen LogP contribution in [0.15, 0.2) is 52.5 Å². The molecule has 0 aliphatic carbocycles. The molecule has 0 N–H and O–H groups in total. The Morgan fingerprint density at radius 1 is 1.06 bits per heavy atom. The van der Waals surface area contributed by atoms with Crippen LogP contribution in [0, 0.1) is 6.92 Å². The zero-order valence-corrected chi connectivity index (χ0v) is 10.7. The van der Waals surface area contributed by atoms with Gasteiger partial charge in [0.05, 0.1) is 14.8 Å². The van der Waals surface area contributed by atoms with Crippen LogP contribution in [0.1, 0.15) is 5.56 Å². The molecule has 2 aromatic rings. The third-order valence-electron chi connectivity index (χ3n) is 2.32. The fourth-order valence-corrected chi connectivity index (χ4v) is 2.88. The molecule has 0 aliphatic rings. The van der Waals surface area contributed by atoms with Gasteiger partial charge in [-0.05, 0) is 25.1 Å². The van der Waals surface area contributed by atoms with Gasteiger partial charge in [0.1, 0.15) is 0 Å². The van der Waals surface area contributed by atoms with Gasteiger partial charge in [-0.15, -0.1) is 0 Å². The molecular weight excluding hydrogens is 258 g/mol. The van der Waals surface area contributed by atoms with E-state index in [2.05, 4.69) is 4.98 Å². The van der Waals surface area contributed by atoms with Gasteiger partial charge in [0.15, 0.2) is 0 Å². The Kier molecular flexibility index (Phi) is 3.17. The second kappa shape index (κ2) is 4.47. The molecule has 0 bridgehead atoms. The maximum absolute atomic E-state index is 12.2. The lowest BCUT2D eigenvalue weighted by Crippen LogP contribution is -2.02. The highest BCUT2D eigenvalue weighted by Crippen LogP contribution is 2.22. The van der Waals surface area contributed by atoms with E-state index in [4.69, 9.17) is 11.6 Å². The van der Waals surface area contributed by atoms with Gasteiger partial charge in [-0.2, -0.15) is 0 Å². The zero-order chi connectivity index (χ0) is 12.5. The predicted octanol–water partition coefficient (Wildman–Crippen LogP) is 2.88. The molecule has 0 saturated carbocycles. The van der Waals surface area contributed by atoms with Gasteiger partial charge in [-0.25, -0.2) is 8.42 Å². The van der Waals surface area contributed by atoms with Crippen molar-refractivity contribution < 1.29 is 8.42 Å². The summed E-state index contributed by atoms with van der Waals surface area (Å²) in [5.74, 6) is 0. The van der Waals surface area contributed by atoms with Gasteiger partial charge in [-0.3, -0.25) is 4.98 Å². The molecule has 0 spiro atoms. The lowest BCUT2D eigenvalue weighted by molar-refractivity contribution is 0.595. The molecule has 5 heteroatoms. The van der Waals surface area contributed by atoms with E-state index in [1.807, 2.05) is 6.92 Å². The fourth-order valence-electron chi connectivity index (χ4n) is 1.39. The molecular formula is C12H10ClNO2S. The maximum atomic E-state index is 12.2. The number of sulfone groups is 1. The SMILES string of the molecule is Cc1ccc(S(=O)(=O)c2cncc(Cl)c2)cc1. The molecule has 2 rings (SSSR count). The van der Waals surface area contributed by atoms with Crippen molar-refractivity contribution >= 4 is 21.4 Å². The molecule has 0 saturated heterocycles. The smallest absolute Gasteiger partial charge is 0.208 e. The number of halogens is 1. The molecule has 1 heterocycles. The van der Waals surface area contributed by atoms with Crippen LogP contribution >= 0.6 is 11.6 Å². The van der Waals surface area contributed by atoms with E-state index in [1.165, 1.54) is 18.5 Å². The maximum Gasteiger partial charge on any atom is 0.208 e. The number of nitrogens with zero attached hydrogens (tertiary/aromatic N) is 1. The summed E-state index contributed by atoms with van der Waals surface area (Å²) < 4.78 is 24.4. The number of hydrogen-bond acceptors (Lipinski definition) is 3. The van der Waals surface area contributed by atoms with E-state index in [-0.39, 0.29) is 9.79 Å². The monoisotopic (exact) mass is 267 g/mol. The minimum atomic E-state index is -3.53. The van der Waals surface area contributed by atoms with E-state index >= 15 is 0 Å². The molecule has 0 unspecified atom stereocenters. The topological polar surface area (TPSA) is 47.0 Å². The van der Waals surface area contributed by atoms with Crippen LogP contribution in [0.3, 0.4) is 0 Å². The minimum absolute atomic E-state index is 0.105. The first-order valence-electron chi connectivity index (χ1n) is 4.92. The Labute approximate surface area is 105 Å². The number of pyridine rings is 1. The lowest BCUT2D eigenvalue weighted by atomic mass is 10.2. The van der Waals surface area contributed by atoms with Gasteiger partial charge < -0.3 is 0 Å². The van der Waals surface area contributed by atoms with Gasteiger partial charge in [0.25, 0.3) is 0 Å². The largest absolute Gasteiger partial charge is 0.262 e. The normalized spacial score (nSPS) is 11.4. The highest BCUT2D eigenvalue weighted by Gasteiger charge is 2.17. The Morgan fingerprint density at radius 3 is 2.29 bits per heavy atom. The molecule has 17 heavy (non-hydrogen) atoms. The molecule has 1 aromatic heterocycles. The molecule has 0 radical (unpaired) electrons. The second-order valence-corrected chi connectivity index (χ2v) is 6.04. The fraction of sp³-hybridized carbons (Fsp3) is 0.0833. The summed E-state index contributed by atoms with van der Waals surface area (Å²) >= 11 is 5.74. The predicted molar refractivity (Wildman–Crippen MR) is 65.9 cm³/mol. The van der Waals surface area contributed by atoms with Crippen LogP contribution < -0.4 is 0 Å². The Balaban J connectivity index is 2.54.